The van der Waals surface area contributed by atoms with Crippen LogP contribution in [0.3, 0.4) is 0 Å². The number of carbonyl (C=O) groups is 1. The van der Waals surface area contributed by atoms with E-state index in [0.717, 1.165) is 5.56 Å². The fourth-order valence-electron chi connectivity index (χ4n) is 1.80. The zero-order valence-electron chi connectivity index (χ0n) is 10.9. The lowest BCUT2D eigenvalue weighted by Crippen LogP contribution is -2.28. The van der Waals surface area contributed by atoms with Gasteiger partial charge in [0.05, 0.1) is 4.47 Å². The van der Waals surface area contributed by atoms with Crippen molar-refractivity contribution in [2.24, 2.45) is 5.73 Å². The fourth-order valence-corrected chi connectivity index (χ4v) is 2.15. The third-order valence-corrected chi connectivity index (χ3v) is 3.57. The van der Waals surface area contributed by atoms with Crippen LogP contribution in [0, 0.1) is 12.7 Å². The van der Waals surface area contributed by atoms with E-state index in [0.29, 0.717) is 15.7 Å². The van der Waals surface area contributed by atoms with Gasteiger partial charge >= 0.3 is 0 Å². The molecule has 2 aromatic carbocycles. The van der Waals surface area contributed by atoms with Crippen LogP contribution in [0.15, 0.2) is 46.9 Å². The number of rotatable bonds is 3. The molecule has 2 rings (SSSR count). The first-order valence-electron chi connectivity index (χ1n) is 6.06. The first-order chi connectivity index (χ1) is 9.49. The molecule has 0 aliphatic carbocycles. The maximum Gasteiger partial charge on any atom is 0.245 e. The van der Waals surface area contributed by atoms with Crippen molar-refractivity contribution in [3.63, 3.8) is 0 Å². The Labute approximate surface area is 125 Å². The molecule has 0 aliphatic rings. The van der Waals surface area contributed by atoms with Gasteiger partial charge in [0.25, 0.3) is 0 Å². The van der Waals surface area contributed by atoms with E-state index in [9.17, 15) is 9.18 Å². The Bertz CT molecular complexity index is 631. The Balaban J connectivity index is 2.18. The highest BCUT2D eigenvalue weighted by molar-refractivity contribution is 9.10. The van der Waals surface area contributed by atoms with Gasteiger partial charge in [0.1, 0.15) is 11.9 Å². The molecule has 0 saturated carbocycles. The van der Waals surface area contributed by atoms with Gasteiger partial charge in [-0.15, -0.1) is 0 Å². The van der Waals surface area contributed by atoms with Crippen molar-refractivity contribution in [3.8, 4) is 0 Å². The summed E-state index contributed by atoms with van der Waals surface area (Å²) in [6.45, 7) is 1.72. The molecule has 0 spiro atoms. The molecular weight excluding hydrogens is 323 g/mol. The minimum absolute atomic E-state index is 0.298. The van der Waals surface area contributed by atoms with Crippen molar-refractivity contribution in [1.29, 1.82) is 0 Å². The van der Waals surface area contributed by atoms with Gasteiger partial charge in [0.2, 0.25) is 5.91 Å². The maximum atomic E-state index is 13.3. The smallest absolute Gasteiger partial charge is 0.245 e. The third-order valence-electron chi connectivity index (χ3n) is 2.97. The molecule has 2 aromatic rings. The maximum absolute atomic E-state index is 13.3. The van der Waals surface area contributed by atoms with Crippen LogP contribution in [0.25, 0.3) is 0 Å². The summed E-state index contributed by atoms with van der Waals surface area (Å²) in [5.74, 6) is -0.703. The molecule has 0 bridgehead atoms. The van der Waals surface area contributed by atoms with Gasteiger partial charge < -0.3 is 11.1 Å². The summed E-state index contributed by atoms with van der Waals surface area (Å²) in [5.41, 5.74) is 7.81. The minimum Gasteiger partial charge on any atom is -0.324 e. The number of aryl methyl sites for hydroxylation is 1. The highest BCUT2D eigenvalue weighted by Crippen LogP contribution is 2.25. The van der Waals surface area contributed by atoms with Gasteiger partial charge in [-0.05, 0) is 46.1 Å². The number of anilines is 1. The lowest BCUT2D eigenvalue weighted by atomic mass is 10.1. The molecule has 0 aromatic heterocycles. The van der Waals surface area contributed by atoms with Crippen molar-refractivity contribution in [2.45, 2.75) is 13.0 Å². The summed E-state index contributed by atoms with van der Waals surface area (Å²) in [5, 5.41) is 2.72. The molecule has 104 valence electrons. The van der Waals surface area contributed by atoms with Crippen molar-refractivity contribution in [1.82, 2.24) is 0 Å². The summed E-state index contributed by atoms with van der Waals surface area (Å²) >= 11 is 3.09. The van der Waals surface area contributed by atoms with E-state index in [1.165, 1.54) is 12.1 Å². The van der Waals surface area contributed by atoms with Crippen LogP contribution in [0.1, 0.15) is 17.2 Å². The van der Waals surface area contributed by atoms with E-state index in [4.69, 9.17) is 5.73 Å². The fraction of sp³-hybridized carbons (Fsp3) is 0.133. The van der Waals surface area contributed by atoms with Crippen LogP contribution in [0.2, 0.25) is 0 Å². The van der Waals surface area contributed by atoms with Gasteiger partial charge in [-0.3, -0.25) is 4.79 Å². The topological polar surface area (TPSA) is 55.1 Å². The van der Waals surface area contributed by atoms with Crippen LogP contribution < -0.4 is 11.1 Å². The van der Waals surface area contributed by atoms with Crippen molar-refractivity contribution < 1.29 is 9.18 Å². The van der Waals surface area contributed by atoms with Gasteiger partial charge in [-0.1, -0.05) is 30.3 Å². The Hall–Kier alpha value is -1.72. The van der Waals surface area contributed by atoms with Gasteiger partial charge in [-0.25, -0.2) is 4.39 Å². The van der Waals surface area contributed by atoms with E-state index < -0.39 is 6.04 Å². The molecule has 1 amide bonds. The highest BCUT2D eigenvalue weighted by atomic mass is 79.9. The number of hydrogen-bond donors (Lipinski definition) is 2. The summed E-state index contributed by atoms with van der Waals surface area (Å²) in [4.78, 5) is 12.1. The van der Waals surface area contributed by atoms with Crippen LogP contribution in [-0.4, -0.2) is 5.91 Å². The van der Waals surface area contributed by atoms with Gasteiger partial charge in [-0.2, -0.15) is 0 Å². The first kappa shape index (κ1) is 14.7. The van der Waals surface area contributed by atoms with Crippen LogP contribution in [-0.2, 0) is 4.79 Å². The van der Waals surface area contributed by atoms with E-state index >= 15 is 0 Å². The molecule has 0 heterocycles. The van der Waals surface area contributed by atoms with Gasteiger partial charge in [0.15, 0.2) is 0 Å². The Kier molecular flexibility index (Phi) is 4.52. The molecule has 3 nitrogen and oxygen atoms in total. The van der Waals surface area contributed by atoms with Crippen molar-refractivity contribution >= 4 is 27.5 Å². The molecular formula is C15H14BrFN2O. The molecule has 0 aliphatic heterocycles. The Morgan fingerprint density at radius 2 is 1.95 bits per heavy atom. The van der Waals surface area contributed by atoms with E-state index in [1.807, 2.05) is 18.2 Å². The normalized spacial score (nSPS) is 12.0. The van der Waals surface area contributed by atoms with E-state index in [2.05, 4.69) is 21.2 Å². The van der Waals surface area contributed by atoms with E-state index in [1.54, 1.807) is 19.1 Å². The molecule has 3 N–H and O–H groups in total. The summed E-state index contributed by atoms with van der Waals surface area (Å²) in [6.07, 6.45) is 0. The lowest BCUT2D eigenvalue weighted by molar-refractivity contribution is -0.117. The summed E-state index contributed by atoms with van der Waals surface area (Å²) in [7, 11) is 0. The number of amides is 1. The number of carbonyl (C=O) groups excluding carboxylic acids is 1. The number of nitrogens with two attached hydrogens (primary N) is 1. The molecule has 20 heavy (non-hydrogen) atoms. The first-order valence-corrected chi connectivity index (χ1v) is 6.85. The number of hydrogen-bond acceptors (Lipinski definition) is 2. The Morgan fingerprint density at radius 1 is 1.30 bits per heavy atom. The number of halogens is 2. The van der Waals surface area contributed by atoms with Gasteiger partial charge in [0, 0.05) is 5.69 Å². The molecule has 0 saturated heterocycles. The van der Waals surface area contributed by atoms with Crippen molar-refractivity contribution in [2.75, 3.05) is 5.32 Å². The number of benzene rings is 2. The highest BCUT2D eigenvalue weighted by Gasteiger charge is 2.17. The second kappa shape index (κ2) is 6.15. The zero-order chi connectivity index (χ0) is 14.7. The lowest BCUT2D eigenvalue weighted by Gasteiger charge is -2.14. The summed E-state index contributed by atoms with van der Waals surface area (Å²) < 4.78 is 13.6. The molecule has 1 atom stereocenters. The molecule has 0 fully saturated rings. The summed E-state index contributed by atoms with van der Waals surface area (Å²) in [6, 6.07) is 11.2. The number of nitrogens with one attached hydrogen (secondary N) is 1. The second-order valence-electron chi connectivity index (χ2n) is 4.46. The van der Waals surface area contributed by atoms with Crippen LogP contribution in [0.5, 0.6) is 0 Å². The average molecular weight is 337 g/mol. The third kappa shape index (κ3) is 3.23. The zero-order valence-corrected chi connectivity index (χ0v) is 12.4. The predicted octanol–water partition coefficient (Wildman–Crippen LogP) is 3.54. The standard InChI is InChI=1S/C15H14BrFN2O/c1-9-7-12(17)11(16)8-13(9)19-15(20)14(18)10-5-3-2-4-6-10/h2-8,14H,18H2,1H3,(H,19,20). The van der Waals surface area contributed by atoms with Crippen LogP contribution >= 0.6 is 15.9 Å². The monoisotopic (exact) mass is 336 g/mol. The largest absolute Gasteiger partial charge is 0.324 e. The molecule has 5 heteroatoms. The minimum atomic E-state index is -0.764. The van der Waals surface area contributed by atoms with Crippen LogP contribution in [0.4, 0.5) is 10.1 Å². The average Bonchev–Trinajstić information content (AvgIpc) is 2.44. The van der Waals surface area contributed by atoms with Crippen molar-refractivity contribution in [3.05, 3.63) is 63.9 Å². The quantitative estimate of drug-likeness (QED) is 0.900. The SMILES string of the molecule is Cc1cc(F)c(Br)cc1NC(=O)C(N)c1ccccc1. The molecule has 1 unspecified atom stereocenters. The molecule has 0 radical (unpaired) electrons. The second-order valence-corrected chi connectivity index (χ2v) is 5.31. The Morgan fingerprint density at radius 3 is 2.60 bits per heavy atom. The van der Waals surface area contributed by atoms with E-state index in [-0.39, 0.29) is 11.7 Å². The predicted molar refractivity (Wildman–Crippen MR) is 80.8 cm³/mol.